The van der Waals surface area contributed by atoms with E-state index in [9.17, 15) is 0 Å². The van der Waals surface area contributed by atoms with Crippen molar-refractivity contribution in [2.45, 2.75) is 0 Å². The van der Waals surface area contributed by atoms with Gasteiger partial charge in [-0.2, -0.15) is 0 Å². The summed E-state index contributed by atoms with van der Waals surface area (Å²) in [5, 5.41) is 0. The third kappa shape index (κ3) is 52.0. The topological polar surface area (TPSA) is 0 Å². The third-order valence-electron chi connectivity index (χ3n) is 0. The summed E-state index contributed by atoms with van der Waals surface area (Å²) >= 11 is 0. The molecule has 0 nitrogen and oxygen atoms in total. The van der Waals surface area contributed by atoms with Crippen molar-refractivity contribution >= 4 is 33.7 Å². The molecule has 0 spiro atoms. The van der Waals surface area contributed by atoms with Crippen molar-refractivity contribution < 1.29 is 19.5 Å². The normalized spacial score (nSPS) is 0. The second-order valence-corrected chi connectivity index (χ2v) is 0. The van der Waals surface area contributed by atoms with Gasteiger partial charge in [-0.15, -0.1) is 0 Å². The second-order valence-electron chi connectivity index (χ2n) is 0. The third-order valence-corrected chi connectivity index (χ3v) is 0. The van der Waals surface area contributed by atoms with Crippen LogP contribution in [-0.2, 0) is 19.5 Å². The van der Waals surface area contributed by atoms with Crippen molar-refractivity contribution in [2.75, 3.05) is 0 Å². The fourth-order valence-electron chi connectivity index (χ4n) is 0. The average Bonchev–Trinajstić information content (AvgIpc) is 0. The molecule has 0 aromatic rings. The van der Waals surface area contributed by atoms with Gasteiger partial charge in [-0.1, -0.05) is 0 Å². The van der Waals surface area contributed by atoms with E-state index in [1.807, 2.05) is 0 Å². The van der Waals surface area contributed by atoms with Crippen LogP contribution in [0.1, 0.15) is 0 Å². The smallest absolute Gasteiger partial charge is 0 e. The molecule has 0 unspecified atom stereocenters. The maximum Gasteiger partial charge on any atom is 0.0814 e. The van der Waals surface area contributed by atoms with Crippen molar-refractivity contribution in [1.82, 2.24) is 0 Å². The van der Waals surface area contributed by atoms with Crippen molar-refractivity contribution in [2.24, 2.45) is 0 Å². The van der Waals surface area contributed by atoms with Gasteiger partial charge < -0.3 is 0 Å². The molecule has 0 aliphatic carbocycles. The van der Waals surface area contributed by atoms with Crippen LogP contribution in [0.5, 0.6) is 0 Å². The van der Waals surface area contributed by atoms with E-state index in [1.54, 1.807) is 0 Å². The molecule has 0 heterocycles. The van der Waals surface area contributed by atoms with E-state index in [0.29, 0.717) is 0 Å². The number of hydrogen-bond acceptors (Lipinski definition) is 0. The number of rotatable bonds is 0. The largest absolute Gasteiger partial charge is 0.0814 e. The molecule has 0 radical (unpaired) electrons. The minimum absolute atomic E-state index is 0. The summed E-state index contributed by atoms with van der Waals surface area (Å²) < 4.78 is 0. The molecular formula is H12B4Zn. The molecule has 0 saturated heterocycles. The molecule has 0 rings (SSSR count). The maximum absolute atomic E-state index is 0. The van der Waals surface area contributed by atoms with Gasteiger partial charge >= 0.3 is 0 Å². The Hall–Kier alpha value is 0.883. The fourth-order valence-corrected chi connectivity index (χ4v) is 0. The van der Waals surface area contributed by atoms with Crippen molar-refractivity contribution in [3.63, 3.8) is 0 Å². The van der Waals surface area contributed by atoms with Gasteiger partial charge in [0.25, 0.3) is 0 Å². The summed E-state index contributed by atoms with van der Waals surface area (Å²) in [7, 11) is 0. The Kier molecular flexibility index (Phi) is 3400. The SMILES string of the molecule is B.B.B.B.[Zn]. The van der Waals surface area contributed by atoms with E-state index in [0.717, 1.165) is 0 Å². The quantitative estimate of drug-likeness (QED) is 0.282. The Bertz CT molecular complexity index is 3.61. The Morgan fingerprint density at radius 1 is 0.400 bits per heavy atom. The first-order valence-electron chi connectivity index (χ1n) is 0. The summed E-state index contributed by atoms with van der Waals surface area (Å²) in [4.78, 5) is 0. The van der Waals surface area contributed by atoms with E-state index >= 15 is 0 Å². The summed E-state index contributed by atoms with van der Waals surface area (Å²) in [6.45, 7) is 0. The maximum atomic E-state index is 0. The Balaban J connectivity index is 0. The molecule has 5 heavy (non-hydrogen) atoms. The first-order valence-corrected chi connectivity index (χ1v) is 0. The van der Waals surface area contributed by atoms with E-state index in [1.165, 1.54) is 0 Å². The summed E-state index contributed by atoms with van der Waals surface area (Å²) in [6, 6.07) is 0. The van der Waals surface area contributed by atoms with Crippen LogP contribution >= 0.6 is 0 Å². The van der Waals surface area contributed by atoms with E-state index in [2.05, 4.69) is 0 Å². The standard InChI is InChI=1S/4BH3.Zn/h4*1H3;. The minimum Gasteiger partial charge on any atom is 0 e. The van der Waals surface area contributed by atoms with Gasteiger partial charge in [0.05, 0.1) is 33.7 Å². The van der Waals surface area contributed by atoms with Crippen LogP contribution in [0.15, 0.2) is 0 Å². The molecule has 26 valence electrons. The van der Waals surface area contributed by atoms with Crippen molar-refractivity contribution in [1.29, 1.82) is 0 Å². The van der Waals surface area contributed by atoms with Gasteiger partial charge in [0.1, 0.15) is 0 Å². The first-order chi connectivity index (χ1) is 0. The zero-order chi connectivity index (χ0) is 0. The molecule has 0 bridgehead atoms. The van der Waals surface area contributed by atoms with Crippen LogP contribution in [0, 0.1) is 0 Å². The zero-order valence-electron chi connectivity index (χ0n) is 0.707. The van der Waals surface area contributed by atoms with Gasteiger partial charge in [-0.05, 0) is 0 Å². The molecule has 0 fully saturated rings. The first kappa shape index (κ1) is 180. The molecular weight excluding hydrogens is 109 g/mol. The Labute approximate surface area is 53.5 Å². The van der Waals surface area contributed by atoms with Gasteiger partial charge in [0.15, 0.2) is 0 Å². The summed E-state index contributed by atoms with van der Waals surface area (Å²) in [5.74, 6) is 0. The molecule has 0 saturated carbocycles. The molecule has 0 N–H and O–H groups in total. The Morgan fingerprint density at radius 2 is 0.400 bits per heavy atom. The van der Waals surface area contributed by atoms with Crippen LogP contribution in [0.25, 0.3) is 0 Å². The zero-order valence-corrected chi connectivity index (χ0v) is 3.67. The van der Waals surface area contributed by atoms with Crippen molar-refractivity contribution in [3.8, 4) is 0 Å². The van der Waals surface area contributed by atoms with Gasteiger partial charge in [-0.25, -0.2) is 0 Å². The number of hydrogen-bond donors (Lipinski definition) is 0. The van der Waals surface area contributed by atoms with E-state index in [-0.39, 0.29) is 53.1 Å². The second kappa shape index (κ2) is 94.4. The summed E-state index contributed by atoms with van der Waals surface area (Å²) in [5.41, 5.74) is 0. The fraction of sp³-hybridized carbons (Fsp3) is 0. The van der Waals surface area contributed by atoms with Gasteiger partial charge in [0, 0.05) is 19.5 Å². The van der Waals surface area contributed by atoms with Crippen molar-refractivity contribution in [3.05, 3.63) is 0 Å². The van der Waals surface area contributed by atoms with Gasteiger partial charge in [0.2, 0.25) is 0 Å². The van der Waals surface area contributed by atoms with E-state index in [4.69, 9.17) is 0 Å². The minimum atomic E-state index is 0. The average molecular weight is 121 g/mol. The van der Waals surface area contributed by atoms with Crippen LogP contribution < -0.4 is 0 Å². The Morgan fingerprint density at radius 3 is 0.400 bits per heavy atom. The van der Waals surface area contributed by atoms with Gasteiger partial charge in [-0.3, -0.25) is 0 Å². The van der Waals surface area contributed by atoms with Crippen LogP contribution in [0.2, 0.25) is 0 Å². The predicted octanol–water partition coefficient (Wildman–Crippen LogP) is -4.74. The molecule has 0 amide bonds. The monoisotopic (exact) mass is 120 g/mol. The molecule has 0 aliphatic rings. The summed E-state index contributed by atoms with van der Waals surface area (Å²) in [6.07, 6.45) is 0. The van der Waals surface area contributed by atoms with E-state index < -0.39 is 0 Å². The van der Waals surface area contributed by atoms with Crippen LogP contribution in [0.4, 0.5) is 0 Å². The molecule has 0 aliphatic heterocycles. The molecule has 0 atom stereocenters. The molecule has 5 heteroatoms. The predicted molar refractivity (Wildman–Crippen MR) is 39.8 cm³/mol. The van der Waals surface area contributed by atoms with Crippen LogP contribution in [0.3, 0.4) is 0 Å². The van der Waals surface area contributed by atoms with Crippen LogP contribution in [-0.4, -0.2) is 33.7 Å². The molecule has 0 aromatic heterocycles. The molecule has 0 aromatic carbocycles.